The normalized spacial score (nSPS) is 15.0. The topological polar surface area (TPSA) is 93.3 Å². The molecule has 34 heavy (non-hydrogen) atoms. The summed E-state index contributed by atoms with van der Waals surface area (Å²) in [6.07, 6.45) is 2.99. The number of benzene rings is 2. The molecule has 0 aliphatic carbocycles. The number of amides is 1. The molecule has 0 spiro atoms. The van der Waals surface area contributed by atoms with Gasteiger partial charge in [0.1, 0.15) is 29.8 Å². The van der Waals surface area contributed by atoms with E-state index >= 15 is 0 Å². The largest absolute Gasteiger partial charge is 0.352 e. The molecule has 1 amide bonds. The molecule has 1 aliphatic heterocycles. The zero-order valence-corrected chi connectivity index (χ0v) is 18.5. The van der Waals surface area contributed by atoms with Gasteiger partial charge in [-0.2, -0.15) is 0 Å². The SMILES string of the molecule is O=C(Cn1cnc2onc(-c3ccc(F)cc3)c2c1=O)NC1CCN(Cc2ccccc2)CC1. The Morgan fingerprint density at radius 2 is 1.82 bits per heavy atom. The van der Waals surface area contributed by atoms with Crippen molar-refractivity contribution in [2.75, 3.05) is 13.1 Å². The minimum Gasteiger partial charge on any atom is -0.352 e. The van der Waals surface area contributed by atoms with E-state index in [1.165, 1.54) is 40.7 Å². The first-order valence-electron chi connectivity index (χ1n) is 11.2. The van der Waals surface area contributed by atoms with E-state index in [9.17, 15) is 14.0 Å². The van der Waals surface area contributed by atoms with Crippen LogP contribution in [0.25, 0.3) is 22.4 Å². The van der Waals surface area contributed by atoms with Gasteiger partial charge in [0.2, 0.25) is 5.91 Å². The molecular weight excluding hydrogens is 437 g/mol. The van der Waals surface area contributed by atoms with Crippen LogP contribution in [-0.2, 0) is 17.9 Å². The van der Waals surface area contributed by atoms with Crippen LogP contribution in [0.1, 0.15) is 18.4 Å². The van der Waals surface area contributed by atoms with Crippen molar-refractivity contribution in [1.82, 2.24) is 24.9 Å². The van der Waals surface area contributed by atoms with Crippen LogP contribution in [0, 0.1) is 5.82 Å². The van der Waals surface area contributed by atoms with Gasteiger partial charge in [-0.05, 0) is 42.7 Å². The number of nitrogens with zero attached hydrogens (tertiary/aromatic N) is 4. The minimum absolute atomic E-state index is 0.0669. The smallest absolute Gasteiger partial charge is 0.267 e. The number of fused-ring (bicyclic) bond motifs is 1. The van der Waals surface area contributed by atoms with Crippen LogP contribution in [0.4, 0.5) is 4.39 Å². The first kappa shape index (κ1) is 22.0. The molecule has 1 N–H and O–H groups in total. The first-order chi connectivity index (χ1) is 16.6. The lowest BCUT2D eigenvalue weighted by molar-refractivity contribution is -0.122. The van der Waals surface area contributed by atoms with Crippen LogP contribution in [0.5, 0.6) is 0 Å². The molecule has 0 radical (unpaired) electrons. The zero-order valence-electron chi connectivity index (χ0n) is 18.5. The number of halogens is 1. The predicted octanol–water partition coefficient (Wildman–Crippen LogP) is 2.97. The maximum atomic E-state index is 13.3. The quantitative estimate of drug-likeness (QED) is 0.475. The molecule has 2 aromatic carbocycles. The highest BCUT2D eigenvalue weighted by atomic mass is 19.1. The van der Waals surface area contributed by atoms with Crippen molar-refractivity contribution >= 4 is 17.0 Å². The fourth-order valence-corrected chi connectivity index (χ4v) is 4.30. The third-order valence-corrected chi connectivity index (χ3v) is 6.10. The van der Waals surface area contributed by atoms with Crippen molar-refractivity contribution < 1.29 is 13.7 Å². The molecule has 1 aliphatic rings. The Kier molecular flexibility index (Phi) is 6.18. The Morgan fingerprint density at radius 1 is 1.09 bits per heavy atom. The van der Waals surface area contributed by atoms with E-state index in [1.54, 1.807) is 0 Å². The molecule has 1 fully saturated rings. The molecule has 0 unspecified atom stereocenters. The highest BCUT2D eigenvalue weighted by Crippen LogP contribution is 2.24. The van der Waals surface area contributed by atoms with E-state index in [1.807, 2.05) is 18.2 Å². The Bertz CT molecular complexity index is 1340. The molecule has 0 saturated carbocycles. The highest BCUT2D eigenvalue weighted by Gasteiger charge is 2.22. The average molecular weight is 461 g/mol. The van der Waals surface area contributed by atoms with Crippen LogP contribution in [-0.4, -0.2) is 44.6 Å². The second-order valence-corrected chi connectivity index (χ2v) is 8.50. The van der Waals surface area contributed by atoms with Gasteiger partial charge in [0.15, 0.2) is 0 Å². The number of nitrogens with one attached hydrogen (secondary N) is 1. The van der Waals surface area contributed by atoms with Gasteiger partial charge in [0.05, 0.1) is 0 Å². The molecule has 9 heteroatoms. The molecule has 0 atom stereocenters. The van der Waals surface area contributed by atoms with Gasteiger partial charge in [-0.15, -0.1) is 0 Å². The van der Waals surface area contributed by atoms with Gasteiger partial charge in [-0.1, -0.05) is 35.5 Å². The number of rotatable bonds is 6. The molecule has 3 heterocycles. The summed E-state index contributed by atoms with van der Waals surface area (Å²) in [7, 11) is 0. The summed E-state index contributed by atoms with van der Waals surface area (Å²) in [4.78, 5) is 32.2. The molecule has 4 aromatic rings. The maximum Gasteiger partial charge on any atom is 0.267 e. The maximum absolute atomic E-state index is 13.3. The number of carbonyl (C=O) groups excluding carboxylic acids is 1. The monoisotopic (exact) mass is 461 g/mol. The first-order valence-corrected chi connectivity index (χ1v) is 11.2. The van der Waals surface area contributed by atoms with Crippen molar-refractivity contribution in [3.8, 4) is 11.3 Å². The lowest BCUT2D eigenvalue weighted by Crippen LogP contribution is -2.45. The molecule has 0 bridgehead atoms. The molecule has 1 saturated heterocycles. The predicted molar refractivity (Wildman–Crippen MR) is 124 cm³/mol. The van der Waals surface area contributed by atoms with Crippen molar-refractivity contribution in [1.29, 1.82) is 0 Å². The number of aromatic nitrogens is 3. The standard InChI is InChI=1S/C25H24FN5O3/c26-19-8-6-18(7-9-19)23-22-24(34-29-23)27-16-31(25(22)33)15-21(32)28-20-10-12-30(13-11-20)14-17-4-2-1-3-5-17/h1-9,16,20H,10-15H2,(H,28,32). The van der Waals surface area contributed by atoms with Crippen LogP contribution in [0.2, 0.25) is 0 Å². The summed E-state index contributed by atoms with van der Waals surface area (Å²) in [6, 6.07) is 16.0. The number of hydrogen-bond acceptors (Lipinski definition) is 6. The third kappa shape index (κ3) is 4.74. The van der Waals surface area contributed by atoms with Gasteiger partial charge in [0.25, 0.3) is 11.3 Å². The van der Waals surface area contributed by atoms with Gasteiger partial charge < -0.3 is 9.84 Å². The van der Waals surface area contributed by atoms with Gasteiger partial charge in [-0.3, -0.25) is 19.1 Å². The van der Waals surface area contributed by atoms with E-state index < -0.39 is 11.4 Å². The van der Waals surface area contributed by atoms with Gasteiger partial charge >= 0.3 is 0 Å². The second kappa shape index (κ2) is 9.56. The van der Waals surface area contributed by atoms with Crippen LogP contribution in [0.15, 0.2) is 70.2 Å². The minimum atomic E-state index is -0.432. The number of likely N-dealkylation sites (tertiary alicyclic amines) is 1. The number of hydrogen-bond donors (Lipinski definition) is 1. The van der Waals surface area contributed by atoms with E-state index in [0.29, 0.717) is 5.56 Å². The highest BCUT2D eigenvalue weighted by molar-refractivity contribution is 5.88. The van der Waals surface area contributed by atoms with E-state index in [4.69, 9.17) is 4.52 Å². The lowest BCUT2D eigenvalue weighted by atomic mass is 10.0. The number of carbonyl (C=O) groups is 1. The molecule has 2 aromatic heterocycles. The fourth-order valence-electron chi connectivity index (χ4n) is 4.30. The molecule has 8 nitrogen and oxygen atoms in total. The summed E-state index contributed by atoms with van der Waals surface area (Å²) in [5, 5.41) is 7.13. The Labute approximate surface area is 195 Å². The summed E-state index contributed by atoms with van der Waals surface area (Å²) >= 11 is 0. The van der Waals surface area contributed by atoms with Crippen molar-refractivity contribution in [2.24, 2.45) is 0 Å². The van der Waals surface area contributed by atoms with Crippen molar-refractivity contribution in [3.05, 3.63) is 82.7 Å². The summed E-state index contributed by atoms with van der Waals surface area (Å²) < 4.78 is 19.7. The molecular formula is C25H24FN5O3. The Balaban J connectivity index is 1.23. The van der Waals surface area contributed by atoms with Crippen molar-refractivity contribution in [2.45, 2.75) is 32.0 Å². The summed E-state index contributed by atoms with van der Waals surface area (Å²) in [5.41, 5.74) is 1.72. The Hall–Kier alpha value is -3.85. The van der Waals surface area contributed by atoms with E-state index in [-0.39, 0.29) is 35.3 Å². The third-order valence-electron chi connectivity index (χ3n) is 6.10. The summed E-state index contributed by atoms with van der Waals surface area (Å²) in [5.74, 6) is -0.640. The van der Waals surface area contributed by atoms with Gasteiger partial charge in [-0.25, -0.2) is 9.37 Å². The molecule has 174 valence electrons. The lowest BCUT2D eigenvalue weighted by Gasteiger charge is -2.32. The Morgan fingerprint density at radius 3 is 2.56 bits per heavy atom. The van der Waals surface area contributed by atoms with E-state index in [0.717, 1.165) is 32.5 Å². The van der Waals surface area contributed by atoms with Crippen LogP contribution in [0.3, 0.4) is 0 Å². The van der Waals surface area contributed by atoms with Crippen LogP contribution < -0.4 is 10.9 Å². The fraction of sp³-hybridized carbons (Fsp3) is 0.280. The average Bonchev–Trinajstić information content (AvgIpc) is 3.28. The van der Waals surface area contributed by atoms with Crippen molar-refractivity contribution in [3.63, 3.8) is 0 Å². The van der Waals surface area contributed by atoms with E-state index in [2.05, 4.69) is 32.5 Å². The van der Waals surface area contributed by atoms with Crippen LogP contribution >= 0.6 is 0 Å². The second-order valence-electron chi connectivity index (χ2n) is 8.50. The number of piperidine rings is 1. The zero-order chi connectivity index (χ0) is 23.5. The molecule has 5 rings (SSSR count). The van der Waals surface area contributed by atoms with Gasteiger partial charge in [0, 0.05) is 31.2 Å². The summed E-state index contributed by atoms with van der Waals surface area (Å²) in [6.45, 7) is 2.54.